The van der Waals surface area contributed by atoms with Crippen LogP contribution < -0.4 is 10.6 Å². The summed E-state index contributed by atoms with van der Waals surface area (Å²) >= 11 is 0. The third-order valence-corrected chi connectivity index (χ3v) is 7.93. The van der Waals surface area contributed by atoms with Gasteiger partial charge < -0.3 is 15.2 Å². The number of fused-ring (bicyclic) bond motifs is 1. The Morgan fingerprint density at radius 3 is 2.48 bits per heavy atom. The van der Waals surface area contributed by atoms with Crippen molar-refractivity contribution < 1.29 is 9.32 Å². The highest BCUT2D eigenvalue weighted by atomic mass is 16.5. The Kier molecular flexibility index (Phi) is 7.32. The normalized spacial score (nSPS) is 15.2. The molecule has 0 aliphatic carbocycles. The summed E-state index contributed by atoms with van der Waals surface area (Å²) in [5.74, 6) is 0.603. The van der Waals surface area contributed by atoms with Gasteiger partial charge in [-0.15, -0.1) is 0 Å². The number of hydrogen-bond acceptors (Lipinski definition) is 8. The van der Waals surface area contributed by atoms with Crippen LogP contribution in [-0.2, 0) is 5.41 Å². The molecule has 5 heterocycles. The number of amides is 1. The van der Waals surface area contributed by atoms with Gasteiger partial charge in [-0.1, -0.05) is 44.1 Å². The van der Waals surface area contributed by atoms with Gasteiger partial charge in [-0.05, 0) is 69.1 Å². The van der Waals surface area contributed by atoms with Crippen LogP contribution in [0.15, 0.2) is 53.3 Å². The van der Waals surface area contributed by atoms with Gasteiger partial charge in [0.15, 0.2) is 5.65 Å². The first-order chi connectivity index (χ1) is 20.2. The van der Waals surface area contributed by atoms with Gasteiger partial charge in [0, 0.05) is 51.5 Å². The quantitative estimate of drug-likeness (QED) is 0.241. The van der Waals surface area contributed by atoms with Crippen LogP contribution in [0.4, 0.5) is 0 Å². The predicted octanol–water partition coefficient (Wildman–Crippen LogP) is 5.63. The number of aryl methyl sites for hydroxylation is 1. The average molecular weight is 565 g/mol. The molecule has 1 fully saturated rings. The summed E-state index contributed by atoms with van der Waals surface area (Å²) < 4.78 is 5.28. The number of rotatable bonds is 6. The second kappa shape index (κ2) is 11.1. The van der Waals surface area contributed by atoms with Crippen LogP contribution in [0.1, 0.15) is 85.8 Å². The Hall–Kier alpha value is -4.44. The van der Waals surface area contributed by atoms with Crippen molar-refractivity contribution in [1.29, 1.82) is 0 Å². The van der Waals surface area contributed by atoms with E-state index in [0.717, 1.165) is 70.5 Å². The summed E-state index contributed by atoms with van der Waals surface area (Å²) in [6.45, 7) is 11.9. The zero-order valence-electron chi connectivity index (χ0n) is 24.7. The van der Waals surface area contributed by atoms with Gasteiger partial charge in [0.25, 0.3) is 11.7 Å². The lowest BCUT2D eigenvalue weighted by atomic mass is 9.93. The van der Waals surface area contributed by atoms with Crippen molar-refractivity contribution >= 4 is 16.9 Å². The summed E-state index contributed by atoms with van der Waals surface area (Å²) in [6.07, 6.45) is 6.05. The fourth-order valence-corrected chi connectivity index (χ4v) is 5.49. The highest BCUT2D eigenvalue weighted by Gasteiger charge is 2.25. The number of pyridine rings is 2. The number of aromatic nitrogens is 6. The fourth-order valence-electron chi connectivity index (χ4n) is 5.49. The molecule has 1 aromatic carbocycles. The molecule has 1 atom stereocenters. The third kappa shape index (κ3) is 5.54. The number of carbonyl (C=O) groups excluding carboxylic acids is 1. The highest BCUT2D eigenvalue weighted by molar-refractivity contribution is 5.93. The molecule has 0 radical (unpaired) electrons. The number of aromatic amines is 1. The zero-order valence-corrected chi connectivity index (χ0v) is 24.7. The first-order valence-electron chi connectivity index (χ1n) is 14.4. The van der Waals surface area contributed by atoms with Crippen LogP contribution in [0.3, 0.4) is 0 Å². The van der Waals surface area contributed by atoms with Gasteiger partial charge in [0.1, 0.15) is 0 Å². The number of nitrogens with one attached hydrogen (secondary N) is 3. The molecule has 5 aromatic rings. The molecule has 0 bridgehead atoms. The molecule has 0 spiro atoms. The van der Waals surface area contributed by atoms with Crippen LogP contribution in [0.5, 0.6) is 0 Å². The van der Waals surface area contributed by atoms with Crippen LogP contribution in [0.25, 0.3) is 33.4 Å². The number of H-pyrrole nitrogens is 1. The maximum Gasteiger partial charge on any atom is 0.293 e. The summed E-state index contributed by atoms with van der Waals surface area (Å²) in [4.78, 5) is 26.5. The number of hydrogen-bond donors (Lipinski definition) is 3. The van der Waals surface area contributed by atoms with Crippen molar-refractivity contribution in [3.05, 3.63) is 77.3 Å². The molecule has 4 aromatic heterocycles. The predicted molar refractivity (Wildman–Crippen MR) is 161 cm³/mol. The lowest BCUT2D eigenvalue weighted by molar-refractivity contribution is 0.0926. The van der Waals surface area contributed by atoms with E-state index >= 15 is 0 Å². The van der Waals surface area contributed by atoms with Crippen molar-refractivity contribution in [3.63, 3.8) is 0 Å². The van der Waals surface area contributed by atoms with Gasteiger partial charge >= 0.3 is 0 Å². The van der Waals surface area contributed by atoms with E-state index in [0.29, 0.717) is 17.5 Å². The van der Waals surface area contributed by atoms with E-state index < -0.39 is 0 Å². The van der Waals surface area contributed by atoms with Crippen molar-refractivity contribution in [3.8, 4) is 22.4 Å². The first kappa shape index (κ1) is 27.7. The molecule has 216 valence electrons. The van der Waals surface area contributed by atoms with E-state index in [1.807, 2.05) is 59.1 Å². The van der Waals surface area contributed by atoms with Gasteiger partial charge in [0.05, 0.1) is 11.7 Å². The number of benzene rings is 1. The summed E-state index contributed by atoms with van der Waals surface area (Å²) in [7, 11) is 0. The molecule has 0 saturated carbocycles. The fraction of sp³-hybridized carbons (Fsp3) is 0.375. The number of nitrogens with zero attached hydrogens (tertiary/aromatic N) is 5. The van der Waals surface area contributed by atoms with Gasteiger partial charge in [-0.2, -0.15) is 10.1 Å². The molecule has 42 heavy (non-hydrogen) atoms. The molecular weight excluding hydrogens is 528 g/mol. The molecule has 10 nitrogen and oxygen atoms in total. The Morgan fingerprint density at radius 1 is 1.02 bits per heavy atom. The number of piperidine rings is 1. The second-order valence-corrected chi connectivity index (χ2v) is 12.1. The lowest BCUT2D eigenvalue weighted by Crippen LogP contribution is -2.28. The molecule has 1 aliphatic heterocycles. The van der Waals surface area contributed by atoms with Crippen molar-refractivity contribution in [1.82, 2.24) is 40.9 Å². The van der Waals surface area contributed by atoms with Gasteiger partial charge in [0.2, 0.25) is 5.89 Å². The monoisotopic (exact) mass is 564 g/mol. The molecule has 1 aliphatic rings. The Labute approximate surface area is 244 Å². The second-order valence-electron chi connectivity index (χ2n) is 12.1. The standard InChI is InChI=1S/C32H36N8O2/c1-18-14-21(6-8-24(18)19(2)36-30(41)29-37-31(42-40-29)32(3,4)5)27-25-15-23(17-35-28(25)39-38-27)22-7-9-26(34-16-22)20-10-12-33-13-11-20/h6-9,14-17,19-20,33H,10-13H2,1-5H3,(H,36,41)(H,35,38,39)/t19-/m1/s1. The van der Waals surface area contributed by atoms with Crippen LogP contribution >= 0.6 is 0 Å². The minimum Gasteiger partial charge on any atom is -0.343 e. The summed E-state index contributed by atoms with van der Waals surface area (Å²) in [6, 6.07) is 12.3. The van der Waals surface area contributed by atoms with Gasteiger partial charge in [-0.3, -0.25) is 14.9 Å². The van der Waals surface area contributed by atoms with Crippen molar-refractivity contribution in [2.75, 3.05) is 13.1 Å². The Morgan fingerprint density at radius 2 is 1.79 bits per heavy atom. The first-order valence-corrected chi connectivity index (χ1v) is 14.4. The van der Waals surface area contributed by atoms with E-state index in [4.69, 9.17) is 9.51 Å². The lowest BCUT2D eigenvalue weighted by Gasteiger charge is -2.22. The van der Waals surface area contributed by atoms with Crippen molar-refractivity contribution in [2.45, 2.75) is 64.8 Å². The Balaban J connectivity index is 1.21. The maximum atomic E-state index is 12.8. The van der Waals surface area contributed by atoms with E-state index in [2.05, 4.69) is 60.2 Å². The maximum absolute atomic E-state index is 12.8. The van der Waals surface area contributed by atoms with Crippen LogP contribution in [0, 0.1) is 6.92 Å². The third-order valence-electron chi connectivity index (χ3n) is 7.93. The molecule has 10 heteroatoms. The van der Waals surface area contributed by atoms with E-state index in [-0.39, 0.29) is 23.2 Å². The zero-order chi connectivity index (χ0) is 29.4. The summed E-state index contributed by atoms with van der Waals surface area (Å²) in [5.41, 5.74) is 7.43. The molecular formula is C32H36N8O2. The van der Waals surface area contributed by atoms with E-state index in [1.54, 1.807) is 0 Å². The topological polar surface area (TPSA) is 135 Å². The molecule has 1 amide bonds. The number of carbonyl (C=O) groups is 1. The minimum atomic E-state index is -0.373. The minimum absolute atomic E-state index is 0.0319. The molecule has 0 unspecified atom stereocenters. The SMILES string of the molecule is Cc1cc(-c2[nH]nc3ncc(-c4ccc(C5CCNCC5)nc4)cc23)ccc1[C@@H](C)NC(=O)c1noc(C(C)(C)C)n1. The van der Waals surface area contributed by atoms with E-state index in [1.165, 1.54) is 0 Å². The Bertz CT molecular complexity index is 1730. The summed E-state index contributed by atoms with van der Waals surface area (Å²) in [5, 5.41) is 18.8. The van der Waals surface area contributed by atoms with Gasteiger partial charge in [-0.25, -0.2) is 4.98 Å². The average Bonchev–Trinajstić information content (AvgIpc) is 3.66. The molecule has 6 rings (SSSR count). The largest absolute Gasteiger partial charge is 0.343 e. The van der Waals surface area contributed by atoms with E-state index in [9.17, 15) is 4.79 Å². The molecule has 1 saturated heterocycles. The van der Waals surface area contributed by atoms with Crippen molar-refractivity contribution in [2.24, 2.45) is 0 Å². The highest BCUT2D eigenvalue weighted by Crippen LogP contribution is 2.32. The van der Waals surface area contributed by atoms with Crippen LogP contribution in [0.2, 0.25) is 0 Å². The smallest absolute Gasteiger partial charge is 0.293 e. The van der Waals surface area contributed by atoms with Crippen LogP contribution in [-0.4, -0.2) is 49.3 Å². The molecule has 3 N–H and O–H groups in total.